The fourth-order valence-corrected chi connectivity index (χ4v) is 2.25. The molecule has 0 spiro atoms. The number of nitrogens with one attached hydrogen (secondary N) is 1. The number of hydrogen-bond donors (Lipinski definition) is 1. The van der Waals surface area contributed by atoms with Gasteiger partial charge in [0.25, 0.3) is 0 Å². The Hall–Kier alpha value is -2.07. The molecule has 19 heavy (non-hydrogen) atoms. The maximum absolute atomic E-state index is 5.59. The van der Waals surface area contributed by atoms with E-state index < -0.39 is 0 Å². The Morgan fingerprint density at radius 2 is 2.26 bits per heavy atom. The van der Waals surface area contributed by atoms with Crippen molar-refractivity contribution < 1.29 is 4.42 Å². The Kier molecular flexibility index (Phi) is 3.33. The summed E-state index contributed by atoms with van der Waals surface area (Å²) in [6.45, 7) is 3.90. The number of fused-ring (bicyclic) bond motifs is 1. The third-order valence-corrected chi connectivity index (χ3v) is 3.16. The topological polar surface area (TPSA) is 42.5 Å². The van der Waals surface area contributed by atoms with Crippen molar-refractivity contribution in [3.63, 3.8) is 0 Å². The van der Waals surface area contributed by atoms with Crippen LogP contribution in [0.15, 0.2) is 47.3 Å². The molecule has 0 amide bonds. The molecule has 3 aromatic heterocycles. The van der Waals surface area contributed by atoms with Crippen LogP contribution >= 0.6 is 0 Å². The molecule has 0 aliphatic rings. The molecule has 0 saturated carbocycles. The molecule has 0 aliphatic heterocycles. The second-order valence-corrected chi connectivity index (χ2v) is 4.50. The first-order chi connectivity index (χ1) is 9.40. The van der Waals surface area contributed by atoms with Crippen LogP contribution in [0, 0.1) is 0 Å². The lowest BCUT2D eigenvalue weighted by Crippen LogP contribution is -2.13. The lowest BCUT2D eigenvalue weighted by Gasteiger charge is -2.06. The van der Waals surface area contributed by atoms with Crippen LogP contribution < -0.4 is 5.32 Å². The van der Waals surface area contributed by atoms with Gasteiger partial charge >= 0.3 is 0 Å². The fraction of sp³-hybridized carbons (Fsp3) is 0.267. The van der Waals surface area contributed by atoms with Crippen molar-refractivity contribution in [2.75, 3.05) is 6.54 Å². The molecule has 4 heteroatoms. The van der Waals surface area contributed by atoms with Gasteiger partial charge in [0.1, 0.15) is 11.4 Å². The Labute approximate surface area is 112 Å². The van der Waals surface area contributed by atoms with Gasteiger partial charge in [0.2, 0.25) is 0 Å². The molecule has 0 bridgehead atoms. The first kappa shape index (κ1) is 12.0. The number of aromatic nitrogens is 2. The predicted molar refractivity (Wildman–Crippen MR) is 74.9 cm³/mol. The van der Waals surface area contributed by atoms with Gasteiger partial charge in [-0.3, -0.25) is 4.40 Å². The van der Waals surface area contributed by atoms with E-state index in [4.69, 9.17) is 4.42 Å². The quantitative estimate of drug-likeness (QED) is 0.712. The zero-order valence-electron chi connectivity index (χ0n) is 11.0. The van der Waals surface area contributed by atoms with Crippen LogP contribution in [0.1, 0.15) is 19.1 Å². The van der Waals surface area contributed by atoms with Gasteiger partial charge in [-0.15, -0.1) is 0 Å². The maximum atomic E-state index is 5.59. The summed E-state index contributed by atoms with van der Waals surface area (Å²) in [5.41, 5.74) is 3.18. The Morgan fingerprint density at radius 1 is 1.32 bits per heavy atom. The minimum Gasteiger partial charge on any atom is -0.467 e. The van der Waals surface area contributed by atoms with Crippen LogP contribution in [0.2, 0.25) is 0 Å². The van der Waals surface area contributed by atoms with E-state index >= 15 is 0 Å². The second-order valence-electron chi connectivity index (χ2n) is 4.50. The van der Waals surface area contributed by atoms with Gasteiger partial charge in [-0.1, -0.05) is 13.0 Å². The van der Waals surface area contributed by atoms with E-state index in [0.29, 0.717) is 0 Å². The van der Waals surface area contributed by atoms with E-state index in [9.17, 15) is 0 Å². The van der Waals surface area contributed by atoms with E-state index in [1.165, 1.54) is 0 Å². The Balaban J connectivity index is 1.98. The van der Waals surface area contributed by atoms with E-state index in [2.05, 4.69) is 27.7 Å². The molecule has 0 unspecified atom stereocenters. The van der Waals surface area contributed by atoms with E-state index in [1.54, 1.807) is 6.26 Å². The van der Waals surface area contributed by atoms with Crippen molar-refractivity contribution in [2.24, 2.45) is 0 Å². The molecule has 1 N–H and O–H groups in total. The van der Waals surface area contributed by atoms with Crippen LogP contribution in [-0.2, 0) is 6.54 Å². The first-order valence-electron chi connectivity index (χ1n) is 6.59. The van der Waals surface area contributed by atoms with Gasteiger partial charge in [0.05, 0.1) is 18.5 Å². The molecule has 3 rings (SSSR count). The standard InChI is InChI=1S/C15H17N3O/c1-2-7-16-11-14-12(6-10-19-14)13-4-3-5-15-17-8-9-18(13)15/h3-6,8-10,16H,2,7,11H2,1H3. The smallest absolute Gasteiger partial charge is 0.137 e. The van der Waals surface area contributed by atoms with Crippen LogP contribution in [0.3, 0.4) is 0 Å². The summed E-state index contributed by atoms with van der Waals surface area (Å²) in [6, 6.07) is 8.12. The Morgan fingerprint density at radius 3 is 3.16 bits per heavy atom. The van der Waals surface area contributed by atoms with Crippen molar-refractivity contribution in [1.82, 2.24) is 14.7 Å². The highest BCUT2D eigenvalue weighted by Gasteiger charge is 2.11. The summed E-state index contributed by atoms with van der Waals surface area (Å²) in [5, 5.41) is 3.37. The second kappa shape index (κ2) is 5.28. The van der Waals surface area contributed by atoms with Crippen molar-refractivity contribution in [2.45, 2.75) is 19.9 Å². The Bertz CT molecular complexity index is 669. The molecule has 0 aliphatic carbocycles. The summed E-state index contributed by atoms with van der Waals surface area (Å²) in [5.74, 6) is 0.967. The molecule has 0 fully saturated rings. The normalized spacial score (nSPS) is 11.2. The van der Waals surface area contributed by atoms with E-state index in [0.717, 1.165) is 42.2 Å². The van der Waals surface area contributed by atoms with Crippen LogP contribution in [0.5, 0.6) is 0 Å². The van der Waals surface area contributed by atoms with E-state index in [-0.39, 0.29) is 0 Å². The number of hydrogen-bond acceptors (Lipinski definition) is 3. The van der Waals surface area contributed by atoms with Gasteiger partial charge in [0, 0.05) is 18.0 Å². The summed E-state index contributed by atoms with van der Waals surface area (Å²) < 4.78 is 7.67. The van der Waals surface area contributed by atoms with Crippen LogP contribution in [0.25, 0.3) is 16.9 Å². The predicted octanol–water partition coefficient (Wildman–Crippen LogP) is 3.09. The average molecular weight is 255 g/mol. The number of pyridine rings is 1. The van der Waals surface area contributed by atoms with Gasteiger partial charge in [-0.2, -0.15) is 0 Å². The number of furan rings is 1. The third-order valence-electron chi connectivity index (χ3n) is 3.16. The van der Waals surface area contributed by atoms with Gasteiger partial charge < -0.3 is 9.73 Å². The lowest BCUT2D eigenvalue weighted by molar-refractivity contribution is 0.484. The minimum atomic E-state index is 0.751. The van der Waals surface area contributed by atoms with E-state index in [1.807, 2.05) is 30.6 Å². The van der Waals surface area contributed by atoms with Crippen molar-refractivity contribution in [3.8, 4) is 11.3 Å². The SMILES string of the molecule is CCCNCc1occc1-c1cccc2nccn12. The molecule has 4 nitrogen and oxygen atoms in total. The zero-order valence-corrected chi connectivity index (χ0v) is 11.0. The van der Waals surface area contributed by atoms with Gasteiger partial charge in [-0.25, -0.2) is 4.98 Å². The summed E-state index contributed by atoms with van der Waals surface area (Å²) in [4.78, 5) is 4.31. The molecule has 3 aromatic rings. The number of nitrogens with zero attached hydrogens (tertiary/aromatic N) is 2. The number of imidazole rings is 1. The van der Waals surface area contributed by atoms with Crippen molar-refractivity contribution >= 4 is 5.65 Å². The average Bonchev–Trinajstić information content (AvgIpc) is 3.07. The summed E-state index contributed by atoms with van der Waals surface area (Å²) in [6.07, 6.45) is 6.65. The maximum Gasteiger partial charge on any atom is 0.137 e. The molecule has 0 saturated heterocycles. The van der Waals surface area contributed by atoms with Gasteiger partial charge in [-0.05, 0) is 31.2 Å². The number of rotatable bonds is 5. The van der Waals surface area contributed by atoms with Crippen molar-refractivity contribution in [1.29, 1.82) is 0 Å². The molecule has 0 atom stereocenters. The fourth-order valence-electron chi connectivity index (χ4n) is 2.25. The van der Waals surface area contributed by atoms with Crippen LogP contribution in [0.4, 0.5) is 0 Å². The van der Waals surface area contributed by atoms with Gasteiger partial charge in [0.15, 0.2) is 0 Å². The molecule has 3 heterocycles. The lowest BCUT2D eigenvalue weighted by atomic mass is 10.1. The molecule has 0 radical (unpaired) electrons. The highest BCUT2D eigenvalue weighted by molar-refractivity contribution is 5.65. The third kappa shape index (κ3) is 2.27. The minimum absolute atomic E-state index is 0.751. The molecule has 0 aromatic carbocycles. The summed E-state index contributed by atoms with van der Waals surface area (Å²) >= 11 is 0. The molecule has 98 valence electrons. The first-order valence-corrected chi connectivity index (χ1v) is 6.59. The highest BCUT2D eigenvalue weighted by Crippen LogP contribution is 2.25. The van der Waals surface area contributed by atoms with Crippen LogP contribution in [-0.4, -0.2) is 15.9 Å². The zero-order chi connectivity index (χ0) is 13.1. The monoisotopic (exact) mass is 255 g/mol. The largest absolute Gasteiger partial charge is 0.467 e. The highest BCUT2D eigenvalue weighted by atomic mass is 16.3. The molecular formula is C15H17N3O. The summed E-state index contributed by atoms with van der Waals surface area (Å²) in [7, 11) is 0. The van der Waals surface area contributed by atoms with Crippen molar-refractivity contribution in [3.05, 3.63) is 48.7 Å². The molecular weight excluding hydrogens is 238 g/mol.